The number of methoxy groups -OCH3 is 1. The van der Waals surface area contributed by atoms with E-state index in [1.54, 1.807) is 7.11 Å². The normalized spacial score (nSPS) is 10.6. The zero-order valence-corrected chi connectivity index (χ0v) is 20.0. The van der Waals surface area contributed by atoms with Gasteiger partial charge in [0.15, 0.2) is 0 Å². The number of para-hydroxylation sites is 2. The summed E-state index contributed by atoms with van der Waals surface area (Å²) in [5, 5.41) is 0. The minimum atomic E-state index is 0.853. The van der Waals surface area contributed by atoms with Gasteiger partial charge in [0, 0.05) is 41.6 Å². The van der Waals surface area contributed by atoms with Crippen molar-refractivity contribution in [2.45, 2.75) is 0 Å². The number of rotatable bonds is 7. The molecular formula is C32H28N2O. The fraction of sp³-hybridized carbons (Fsp3) is 0.0625. The van der Waals surface area contributed by atoms with Crippen molar-refractivity contribution in [3.8, 4) is 16.9 Å². The summed E-state index contributed by atoms with van der Waals surface area (Å²) in [5.41, 5.74) is 7.98. The molecule has 3 heteroatoms. The molecule has 0 N–H and O–H groups in total. The SMILES string of the molecule is COc1cccc(N(C)c2ccc(-c3ccc(N(c4ccccc4)c4ccccc4)cc3)cc2)c1. The molecule has 5 rings (SSSR count). The van der Waals surface area contributed by atoms with Crippen molar-refractivity contribution in [1.82, 2.24) is 0 Å². The van der Waals surface area contributed by atoms with Crippen molar-refractivity contribution in [3.05, 3.63) is 133 Å². The highest BCUT2D eigenvalue weighted by Crippen LogP contribution is 2.35. The molecule has 0 aromatic heterocycles. The molecule has 172 valence electrons. The highest BCUT2D eigenvalue weighted by molar-refractivity contribution is 5.78. The fourth-order valence-corrected chi connectivity index (χ4v) is 4.25. The highest BCUT2D eigenvalue weighted by Gasteiger charge is 2.12. The molecule has 0 saturated carbocycles. The maximum absolute atomic E-state index is 5.37. The number of ether oxygens (including phenoxy) is 1. The first-order valence-electron chi connectivity index (χ1n) is 11.7. The second-order valence-electron chi connectivity index (χ2n) is 8.36. The topological polar surface area (TPSA) is 15.7 Å². The molecular weight excluding hydrogens is 428 g/mol. The van der Waals surface area contributed by atoms with Crippen LogP contribution in [0.25, 0.3) is 11.1 Å². The van der Waals surface area contributed by atoms with Crippen LogP contribution in [0.1, 0.15) is 0 Å². The summed E-state index contributed by atoms with van der Waals surface area (Å²) in [6.07, 6.45) is 0. The van der Waals surface area contributed by atoms with Crippen LogP contribution in [0.2, 0.25) is 0 Å². The van der Waals surface area contributed by atoms with Gasteiger partial charge in [0.05, 0.1) is 7.11 Å². The van der Waals surface area contributed by atoms with E-state index in [1.165, 1.54) is 11.1 Å². The molecule has 35 heavy (non-hydrogen) atoms. The van der Waals surface area contributed by atoms with E-state index in [9.17, 15) is 0 Å². The van der Waals surface area contributed by atoms with Gasteiger partial charge < -0.3 is 14.5 Å². The largest absolute Gasteiger partial charge is 0.497 e. The average Bonchev–Trinajstić information content (AvgIpc) is 2.94. The van der Waals surface area contributed by atoms with Gasteiger partial charge in [0.1, 0.15) is 5.75 Å². The molecule has 0 bridgehead atoms. The van der Waals surface area contributed by atoms with Gasteiger partial charge in [-0.05, 0) is 71.8 Å². The molecule has 0 aliphatic heterocycles. The zero-order chi connectivity index (χ0) is 24.0. The van der Waals surface area contributed by atoms with E-state index in [1.807, 2.05) is 30.3 Å². The number of hydrogen-bond acceptors (Lipinski definition) is 3. The van der Waals surface area contributed by atoms with Gasteiger partial charge in [0.2, 0.25) is 0 Å². The molecule has 3 nitrogen and oxygen atoms in total. The third-order valence-corrected chi connectivity index (χ3v) is 6.18. The Morgan fingerprint density at radius 3 is 1.43 bits per heavy atom. The number of anilines is 5. The quantitative estimate of drug-likeness (QED) is 0.244. The Morgan fingerprint density at radius 2 is 0.914 bits per heavy atom. The number of hydrogen-bond donors (Lipinski definition) is 0. The highest BCUT2D eigenvalue weighted by atomic mass is 16.5. The first-order chi connectivity index (χ1) is 17.2. The summed E-state index contributed by atoms with van der Waals surface area (Å²) in [5.74, 6) is 0.853. The van der Waals surface area contributed by atoms with Crippen LogP contribution >= 0.6 is 0 Å². The lowest BCUT2D eigenvalue weighted by Gasteiger charge is -2.25. The second-order valence-corrected chi connectivity index (χ2v) is 8.36. The monoisotopic (exact) mass is 456 g/mol. The van der Waals surface area contributed by atoms with Crippen molar-refractivity contribution in [2.24, 2.45) is 0 Å². The molecule has 0 aliphatic rings. The third kappa shape index (κ3) is 4.90. The Hall–Kier alpha value is -4.50. The number of benzene rings is 5. The van der Waals surface area contributed by atoms with E-state index in [0.717, 1.165) is 34.2 Å². The first kappa shape index (κ1) is 22.3. The molecule has 0 aliphatic carbocycles. The number of nitrogens with zero attached hydrogens (tertiary/aromatic N) is 2. The minimum Gasteiger partial charge on any atom is -0.497 e. The van der Waals surface area contributed by atoms with Crippen LogP contribution in [0.3, 0.4) is 0 Å². The Bertz CT molecular complexity index is 1330. The molecule has 5 aromatic carbocycles. The van der Waals surface area contributed by atoms with Crippen molar-refractivity contribution in [2.75, 3.05) is 24.0 Å². The molecule has 0 atom stereocenters. The summed E-state index contributed by atoms with van der Waals surface area (Å²) >= 11 is 0. The van der Waals surface area contributed by atoms with Crippen molar-refractivity contribution >= 4 is 28.4 Å². The molecule has 0 unspecified atom stereocenters. The van der Waals surface area contributed by atoms with Gasteiger partial charge >= 0.3 is 0 Å². The summed E-state index contributed by atoms with van der Waals surface area (Å²) in [7, 11) is 3.76. The van der Waals surface area contributed by atoms with E-state index in [2.05, 4.69) is 120 Å². The van der Waals surface area contributed by atoms with Gasteiger partial charge in [-0.1, -0.05) is 66.7 Å². The van der Waals surface area contributed by atoms with Crippen molar-refractivity contribution < 1.29 is 4.74 Å². The first-order valence-corrected chi connectivity index (χ1v) is 11.7. The summed E-state index contributed by atoms with van der Waals surface area (Å²) in [4.78, 5) is 4.43. The third-order valence-electron chi connectivity index (χ3n) is 6.18. The van der Waals surface area contributed by atoms with Crippen LogP contribution in [-0.4, -0.2) is 14.2 Å². The van der Waals surface area contributed by atoms with Crippen LogP contribution in [-0.2, 0) is 0 Å². The van der Waals surface area contributed by atoms with E-state index in [-0.39, 0.29) is 0 Å². The van der Waals surface area contributed by atoms with Crippen molar-refractivity contribution in [1.29, 1.82) is 0 Å². The lowest BCUT2D eigenvalue weighted by atomic mass is 10.0. The molecule has 0 heterocycles. The summed E-state index contributed by atoms with van der Waals surface area (Å²) in [6, 6.07) is 46.4. The smallest absolute Gasteiger partial charge is 0.120 e. The van der Waals surface area contributed by atoms with Crippen LogP contribution < -0.4 is 14.5 Å². The molecule has 0 amide bonds. The molecule has 5 aromatic rings. The Morgan fingerprint density at radius 1 is 0.457 bits per heavy atom. The fourth-order valence-electron chi connectivity index (χ4n) is 4.25. The van der Waals surface area contributed by atoms with Crippen LogP contribution in [0, 0.1) is 0 Å². The lowest BCUT2D eigenvalue weighted by Crippen LogP contribution is -2.09. The predicted octanol–water partition coefficient (Wildman–Crippen LogP) is 8.60. The zero-order valence-electron chi connectivity index (χ0n) is 20.0. The Kier molecular flexibility index (Phi) is 6.49. The molecule has 0 fully saturated rings. The predicted molar refractivity (Wildman–Crippen MR) is 148 cm³/mol. The van der Waals surface area contributed by atoms with Gasteiger partial charge in [-0.25, -0.2) is 0 Å². The van der Waals surface area contributed by atoms with E-state index in [0.29, 0.717) is 0 Å². The minimum absolute atomic E-state index is 0.853. The Balaban J connectivity index is 1.40. The van der Waals surface area contributed by atoms with Gasteiger partial charge in [-0.2, -0.15) is 0 Å². The van der Waals surface area contributed by atoms with Gasteiger partial charge in [-0.15, -0.1) is 0 Å². The average molecular weight is 457 g/mol. The molecule has 0 spiro atoms. The molecule has 0 radical (unpaired) electrons. The van der Waals surface area contributed by atoms with Crippen LogP contribution in [0.15, 0.2) is 133 Å². The lowest BCUT2D eigenvalue weighted by molar-refractivity contribution is 0.415. The van der Waals surface area contributed by atoms with Gasteiger partial charge in [-0.3, -0.25) is 0 Å². The van der Waals surface area contributed by atoms with E-state index >= 15 is 0 Å². The summed E-state index contributed by atoms with van der Waals surface area (Å²) in [6.45, 7) is 0. The maximum Gasteiger partial charge on any atom is 0.120 e. The van der Waals surface area contributed by atoms with Crippen LogP contribution in [0.4, 0.5) is 28.4 Å². The van der Waals surface area contributed by atoms with Crippen LogP contribution in [0.5, 0.6) is 5.75 Å². The second kappa shape index (κ2) is 10.2. The van der Waals surface area contributed by atoms with Gasteiger partial charge in [0.25, 0.3) is 0 Å². The van der Waals surface area contributed by atoms with Crippen molar-refractivity contribution in [3.63, 3.8) is 0 Å². The van der Waals surface area contributed by atoms with E-state index < -0.39 is 0 Å². The summed E-state index contributed by atoms with van der Waals surface area (Å²) < 4.78 is 5.37. The van der Waals surface area contributed by atoms with E-state index in [4.69, 9.17) is 4.74 Å². The molecule has 0 saturated heterocycles. The Labute approximate surface area is 207 Å². The standard InChI is InChI=1S/C32H28N2O/c1-33(31-14-9-15-32(24-31)35-2)27-20-16-25(17-21-27)26-18-22-30(23-19-26)34(28-10-5-3-6-11-28)29-12-7-4-8-13-29/h3-24H,1-2H3. The maximum atomic E-state index is 5.37.